The number of rotatable bonds is 5. The summed E-state index contributed by atoms with van der Waals surface area (Å²) >= 11 is 0. The first-order valence-electron chi connectivity index (χ1n) is 16.8. The molecular formula is C46H31N3. The maximum Gasteiger partial charge on any atom is 0.0547 e. The molecule has 10 aromatic rings. The molecule has 2 heterocycles. The van der Waals surface area contributed by atoms with Crippen LogP contribution in [0.5, 0.6) is 0 Å². The van der Waals surface area contributed by atoms with Crippen molar-refractivity contribution in [1.82, 2.24) is 9.13 Å². The largest absolute Gasteiger partial charge is 0.310 e. The number of nitrogens with zero attached hydrogens (tertiary/aromatic N) is 3. The van der Waals surface area contributed by atoms with Crippen LogP contribution in [0.15, 0.2) is 188 Å². The summed E-state index contributed by atoms with van der Waals surface area (Å²) in [6.07, 6.45) is 0. The molecule has 0 atom stereocenters. The zero-order valence-electron chi connectivity index (χ0n) is 26.7. The second-order valence-corrected chi connectivity index (χ2v) is 12.6. The lowest BCUT2D eigenvalue weighted by molar-refractivity contribution is 1.17. The summed E-state index contributed by atoms with van der Waals surface area (Å²) in [5.74, 6) is 0. The van der Waals surface area contributed by atoms with Crippen molar-refractivity contribution in [2.75, 3.05) is 4.90 Å². The smallest absolute Gasteiger partial charge is 0.0547 e. The van der Waals surface area contributed by atoms with Gasteiger partial charge in [0.25, 0.3) is 0 Å². The second-order valence-electron chi connectivity index (χ2n) is 12.6. The summed E-state index contributed by atoms with van der Waals surface area (Å²) in [7, 11) is 0. The van der Waals surface area contributed by atoms with Crippen LogP contribution in [0.3, 0.4) is 0 Å². The molecule has 8 aromatic carbocycles. The number of aromatic nitrogens is 2. The Bertz CT molecular complexity index is 2810. The summed E-state index contributed by atoms with van der Waals surface area (Å²) in [4.78, 5) is 2.36. The van der Waals surface area contributed by atoms with Crippen molar-refractivity contribution in [1.29, 1.82) is 0 Å². The van der Waals surface area contributed by atoms with E-state index in [-0.39, 0.29) is 0 Å². The van der Waals surface area contributed by atoms with Crippen LogP contribution >= 0.6 is 0 Å². The van der Waals surface area contributed by atoms with Gasteiger partial charge in [-0.3, -0.25) is 0 Å². The third-order valence-electron chi connectivity index (χ3n) is 9.85. The number of hydrogen-bond donors (Lipinski definition) is 0. The minimum absolute atomic E-state index is 1.10. The van der Waals surface area contributed by atoms with Crippen LogP contribution in [0.25, 0.3) is 65.8 Å². The van der Waals surface area contributed by atoms with E-state index in [0.29, 0.717) is 0 Å². The van der Waals surface area contributed by atoms with Crippen molar-refractivity contribution in [2.45, 2.75) is 0 Å². The van der Waals surface area contributed by atoms with Gasteiger partial charge in [-0.2, -0.15) is 0 Å². The molecule has 0 unspecified atom stereocenters. The van der Waals surface area contributed by atoms with Gasteiger partial charge < -0.3 is 14.0 Å². The molecule has 0 fully saturated rings. The van der Waals surface area contributed by atoms with Crippen molar-refractivity contribution in [3.63, 3.8) is 0 Å². The highest BCUT2D eigenvalue weighted by atomic mass is 15.1. The highest BCUT2D eigenvalue weighted by Gasteiger charge is 2.18. The molecule has 0 aliphatic heterocycles. The topological polar surface area (TPSA) is 13.1 Å². The summed E-state index contributed by atoms with van der Waals surface area (Å²) in [6.45, 7) is 0. The molecule has 0 saturated heterocycles. The van der Waals surface area contributed by atoms with E-state index < -0.39 is 0 Å². The van der Waals surface area contributed by atoms with Gasteiger partial charge in [0.1, 0.15) is 0 Å². The highest BCUT2D eigenvalue weighted by molar-refractivity contribution is 6.14. The Morgan fingerprint density at radius 2 is 0.755 bits per heavy atom. The predicted octanol–water partition coefficient (Wildman–Crippen LogP) is 12.5. The van der Waals surface area contributed by atoms with E-state index in [0.717, 1.165) is 28.4 Å². The molecule has 0 bridgehead atoms. The van der Waals surface area contributed by atoms with Crippen LogP contribution in [-0.4, -0.2) is 9.13 Å². The summed E-state index contributed by atoms with van der Waals surface area (Å²) in [6, 6.07) is 67.9. The first-order chi connectivity index (χ1) is 24.3. The van der Waals surface area contributed by atoms with E-state index in [1.54, 1.807) is 0 Å². The maximum absolute atomic E-state index is 2.40. The summed E-state index contributed by atoms with van der Waals surface area (Å²) < 4.78 is 4.77. The fraction of sp³-hybridized carbons (Fsp3) is 0. The molecule has 2 aromatic heterocycles. The molecule has 0 saturated carbocycles. The molecule has 49 heavy (non-hydrogen) atoms. The zero-order chi connectivity index (χ0) is 32.3. The van der Waals surface area contributed by atoms with Gasteiger partial charge in [0.05, 0.1) is 22.1 Å². The van der Waals surface area contributed by atoms with Crippen LogP contribution in [0.1, 0.15) is 0 Å². The van der Waals surface area contributed by atoms with Gasteiger partial charge in [0.15, 0.2) is 0 Å². The Hall–Kier alpha value is -6.58. The summed E-state index contributed by atoms with van der Waals surface area (Å²) in [5, 5.41) is 7.51. The van der Waals surface area contributed by atoms with Crippen molar-refractivity contribution < 1.29 is 0 Å². The van der Waals surface area contributed by atoms with Gasteiger partial charge in [-0.1, -0.05) is 97.1 Å². The van der Waals surface area contributed by atoms with Gasteiger partial charge >= 0.3 is 0 Å². The average Bonchev–Trinajstić information content (AvgIpc) is 3.67. The van der Waals surface area contributed by atoms with E-state index in [4.69, 9.17) is 0 Å². The first-order valence-corrected chi connectivity index (χ1v) is 16.8. The molecule has 0 aliphatic rings. The standard InChI is InChI=1S/C46H31N3/c1-3-15-34(16-4-1)47(38-27-28-45-42(31-38)40-20-10-11-21-43(40)48(45)35-17-5-2-6-18-35)36-23-25-37(26-24-36)49-44-22-12-9-19-39(44)41-29-32-13-7-8-14-33(32)30-46(41)49/h1-31H. The normalized spacial score (nSPS) is 11.7. The van der Waals surface area contributed by atoms with Gasteiger partial charge in [-0.05, 0) is 102 Å². The average molecular weight is 626 g/mol. The van der Waals surface area contributed by atoms with Crippen LogP contribution in [0, 0.1) is 0 Å². The van der Waals surface area contributed by atoms with Crippen LogP contribution in [-0.2, 0) is 0 Å². The maximum atomic E-state index is 2.40. The molecule has 0 spiro atoms. The van der Waals surface area contributed by atoms with E-state index in [1.165, 1.54) is 54.4 Å². The van der Waals surface area contributed by atoms with Crippen LogP contribution in [0.4, 0.5) is 17.1 Å². The minimum atomic E-state index is 1.10. The molecule has 0 N–H and O–H groups in total. The molecule has 10 rings (SSSR count). The molecule has 0 aliphatic carbocycles. The lowest BCUT2D eigenvalue weighted by Gasteiger charge is -2.26. The van der Waals surface area contributed by atoms with Gasteiger partial charge in [0.2, 0.25) is 0 Å². The zero-order valence-corrected chi connectivity index (χ0v) is 26.7. The number of hydrogen-bond acceptors (Lipinski definition) is 1. The number of fused-ring (bicyclic) bond motifs is 7. The van der Waals surface area contributed by atoms with E-state index in [1.807, 2.05) is 0 Å². The minimum Gasteiger partial charge on any atom is -0.310 e. The number of benzene rings is 8. The molecule has 3 nitrogen and oxygen atoms in total. The number of anilines is 3. The molecule has 0 amide bonds. The van der Waals surface area contributed by atoms with Gasteiger partial charge in [0, 0.05) is 50.0 Å². The molecular weight excluding hydrogens is 595 g/mol. The fourth-order valence-electron chi connectivity index (χ4n) is 7.66. The number of para-hydroxylation sites is 4. The van der Waals surface area contributed by atoms with E-state index in [2.05, 4.69) is 202 Å². The Morgan fingerprint density at radius 1 is 0.286 bits per heavy atom. The summed E-state index contributed by atoms with van der Waals surface area (Å²) in [5.41, 5.74) is 10.5. The van der Waals surface area contributed by atoms with Crippen molar-refractivity contribution >= 4 is 71.4 Å². The second kappa shape index (κ2) is 11.0. The van der Waals surface area contributed by atoms with E-state index >= 15 is 0 Å². The SMILES string of the molecule is c1ccc(N(c2ccc(-n3c4ccccc4c4cc5ccccc5cc43)cc2)c2ccc3c(c2)c2ccccc2n3-c2ccccc2)cc1. The first kappa shape index (κ1) is 27.5. The molecule has 230 valence electrons. The monoisotopic (exact) mass is 625 g/mol. The molecule has 3 heteroatoms. The Balaban J connectivity index is 1.14. The highest BCUT2D eigenvalue weighted by Crippen LogP contribution is 2.41. The van der Waals surface area contributed by atoms with Crippen molar-refractivity contribution in [3.05, 3.63) is 188 Å². The Morgan fingerprint density at radius 3 is 1.45 bits per heavy atom. The molecule has 0 radical (unpaired) electrons. The van der Waals surface area contributed by atoms with E-state index in [9.17, 15) is 0 Å². The lowest BCUT2D eigenvalue weighted by Crippen LogP contribution is -2.10. The third-order valence-corrected chi connectivity index (χ3v) is 9.85. The van der Waals surface area contributed by atoms with Crippen molar-refractivity contribution in [2.24, 2.45) is 0 Å². The van der Waals surface area contributed by atoms with Crippen molar-refractivity contribution in [3.8, 4) is 11.4 Å². The lowest BCUT2D eigenvalue weighted by atomic mass is 10.1. The Labute approximate surface area is 284 Å². The Kier molecular flexibility index (Phi) is 6.18. The third kappa shape index (κ3) is 4.37. The van der Waals surface area contributed by atoms with Gasteiger partial charge in [-0.25, -0.2) is 0 Å². The van der Waals surface area contributed by atoms with Gasteiger partial charge in [-0.15, -0.1) is 0 Å². The van der Waals surface area contributed by atoms with Crippen LogP contribution < -0.4 is 4.90 Å². The fourth-order valence-corrected chi connectivity index (χ4v) is 7.66. The quantitative estimate of drug-likeness (QED) is 0.185. The predicted molar refractivity (Wildman–Crippen MR) is 207 cm³/mol. The van der Waals surface area contributed by atoms with Crippen LogP contribution in [0.2, 0.25) is 0 Å².